The van der Waals surface area contributed by atoms with E-state index in [9.17, 15) is 5.11 Å². The molecule has 5 nitrogen and oxygen atoms in total. The Morgan fingerprint density at radius 1 is 1.32 bits per heavy atom. The van der Waals surface area contributed by atoms with Gasteiger partial charge in [0.05, 0.1) is 30.3 Å². The lowest BCUT2D eigenvalue weighted by Gasteiger charge is -2.04. The third-order valence-corrected chi connectivity index (χ3v) is 3.78. The molecule has 0 saturated carbocycles. The Hall–Kier alpha value is -1.08. The highest BCUT2D eigenvalue weighted by Gasteiger charge is 2.06. The van der Waals surface area contributed by atoms with Crippen molar-refractivity contribution in [1.82, 2.24) is 15.0 Å². The van der Waals surface area contributed by atoms with Gasteiger partial charge >= 0.3 is 0 Å². The molecule has 0 aliphatic heterocycles. The van der Waals surface area contributed by atoms with Crippen LogP contribution in [0.5, 0.6) is 0 Å². The molecule has 0 amide bonds. The smallest absolute Gasteiger partial charge is 0.0930 e. The maximum atomic E-state index is 9.22. The molecular weight excluding hydrogens is 286 g/mol. The lowest BCUT2D eigenvalue weighted by Crippen LogP contribution is -2.14. The van der Waals surface area contributed by atoms with Crippen molar-refractivity contribution >= 4 is 23.4 Å². The number of rotatable bonds is 6. The van der Waals surface area contributed by atoms with Crippen LogP contribution in [0.1, 0.15) is 5.69 Å². The van der Waals surface area contributed by atoms with Gasteiger partial charge in [-0.05, 0) is 24.3 Å². The molecule has 1 heterocycles. The van der Waals surface area contributed by atoms with Crippen LogP contribution in [-0.4, -0.2) is 43.7 Å². The van der Waals surface area contributed by atoms with Crippen molar-refractivity contribution < 1.29 is 10.2 Å². The molecule has 19 heavy (non-hydrogen) atoms. The molecule has 0 radical (unpaired) electrons. The molecule has 0 fully saturated rings. The standard InChI is InChI=1S/C12H14ClN3O2S/c13-9-1-3-11(4-2-9)16-5-10(14-15-16)7-19-8-12(18)6-17/h1-5,12,17-18H,6-8H2/t12-/m0/s1. The van der Waals surface area contributed by atoms with E-state index in [-0.39, 0.29) is 6.61 Å². The van der Waals surface area contributed by atoms with Gasteiger partial charge in [-0.3, -0.25) is 0 Å². The van der Waals surface area contributed by atoms with Crippen molar-refractivity contribution in [3.63, 3.8) is 0 Å². The summed E-state index contributed by atoms with van der Waals surface area (Å²) < 4.78 is 1.68. The van der Waals surface area contributed by atoms with E-state index in [2.05, 4.69) is 10.3 Å². The lowest BCUT2D eigenvalue weighted by atomic mass is 10.3. The van der Waals surface area contributed by atoms with Crippen molar-refractivity contribution in [3.05, 3.63) is 41.2 Å². The van der Waals surface area contributed by atoms with E-state index in [1.807, 2.05) is 18.3 Å². The molecule has 1 aromatic heterocycles. The highest BCUT2D eigenvalue weighted by atomic mass is 35.5. The Bertz CT molecular complexity index is 518. The predicted molar refractivity (Wildman–Crippen MR) is 75.6 cm³/mol. The minimum atomic E-state index is -0.684. The van der Waals surface area contributed by atoms with Gasteiger partial charge < -0.3 is 10.2 Å². The van der Waals surface area contributed by atoms with E-state index in [1.54, 1.807) is 16.8 Å². The molecule has 1 atom stereocenters. The van der Waals surface area contributed by atoms with Gasteiger partial charge in [0.1, 0.15) is 0 Å². The fraction of sp³-hybridized carbons (Fsp3) is 0.333. The monoisotopic (exact) mass is 299 g/mol. The second-order valence-electron chi connectivity index (χ2n) is 3.98. The first kappa shape index (κ1) is 14.3. The fourth-order valence-electron chi connectivity index (χ4n) is 1.44. The van der Waals surface area contributed by atoms with E-state index in [1.165, 1.54) is 11.8 Å². The van der Waals surface area contributed by atoms with Crippen LogP contribution in [0.15, 0.2) is 30.5 Å². The zero-order valence-electron chi connectivity index (χ0n) is 10.1. The number of aliphatic hydroxyl groups is 2. The van der Waals surface area contributed by atoms with Crippen molar-refractivity contribution in [2.75, 3.05) is 12.4 Å². The van der Waals surface area contributed by atoms with E-state index >= 15 is 0 Å². The fourth-order valence-corrected chi connectivity index (χ4v) is 2.40. The number of hydrogen-bond acceptors (Lipinski definition) is 5. The third kappa shape index (κ3) is 4.21. The molecule has 1 aromatic carbocycles. The summed E-state index contributed by atoms with van der Waals surface area (Å²) in [6.45, 7) is -0.218. The van der Waals surface area contributed by atoms with Gasteiger partial charge in [0, 0.05) is 16.5 Å². The van der Waals surface area contributed by atoms with Gasteiger partial charge in [0.15, 0.2) is 0 Å². The maximum absolute atomic E-state index is 9.22. The zero-order valence-corrected chi connectivity index (χ0v) is 11.7. The summed E-state index contributed by atoms with van der Waals surface area (Å²) in [5, 5.41) is 26.7. The summed E-state index contributed by atoms with van der Waals surface area (Å²) in [4.78, 5) is 0. The minimum Gasteiger partial charge on any atom is -0.394 e. The van der Waals surface area contributed by atoms with Crippen LogP contribution >= 0.6 is 23.4 Å². The van der Waals surface area contributed by atoms with Crippen molar-refractivity contribution in [1.29, 1.82) is 0 Å². The summed E-state index contributed by atoms with van der Waals surface area (Å²) in [7, 11) is 0. The van der Waals surface area contributed by atoms with Crippen LogP contribution in [-0.2, 0) is 5.75 Å². The van der Waals surface area contributed by atoms with Crippen molar-refractivity contribution in [2.24, 2.45) is 0 Å². The van der Waals surface area contributed by atoms with Gasteiger partial charge in [-0.25, -0.2) is 4.68 Å². The molecule has 7 heteroatoms. The molecule has 2 rings (SSSR count). The van der Waals surface area contributed by atoms with Crippen molar-refractivity contribution in [2.45, 2.75) is 11.9 Å². The van der Waals surface area contributed by atoms with Crippen LogP contribution in [0.4, 0.5) is 0 Å². The zero-order chi connectivity index (χ0) is 13.7. The van der Waals surface area contributed by atoms with Crippen LogP contribution in [0.2, 0.25) is 5.02 Å². The molecule has 0 saturated heterocycles. The molecule has 2 aromatic rings. The Labute approximate surface area is 120 Å². The Kier molecular flexibility index (Phi) is 5.21. The number of nitrogens with zero attached hydrogens (tertiary/aromatic N) is 3. The molecule has 102 valence electrons. The quantitative estimate of drug-likeness (QED) is 0.846. The first-order valence-corrected chi connectivity index (χ1v) is 7.26. The summed E-state index contributed by atoms with van der Waals surface area (Å²) in [6, 6.07) is 7.32. The highest BCUT2D eigenvalue weighted by Crippen LogP contribution is 2.15. The topological polar surface area (TPSA) is 71.2 Å². The second-order valence-corrected chi connectivity index (χ2v) is 5.45. The van der Waals surface area contributed by atoms with Gasteiger partial charge in [-0.2, -0.15) is 11.8 Å². The summed E-state index contributed by atoms with van der Waals surface area (Å²) in [5.41, 5.74) is 1.72. The number of thioether (sulfide) groups is 1. The lowest BCUT2D eigenvalue weighted by molar-refractivity contribution is 0.113. The molecule has 2 N–H and O–H groups in total. The number of hydrogen-bond donors (Lipinski definition) is 2. The average Bonchev–Trinajstić information content (AvgIpc) is 2.88. The molecule has 0 bridgehead atoms. The van der Waals surface area contributed by atoms with E-state index in [4.69, 9.17) is 16.7 Å². The Morgan fingerprint density at radius 2 is 2.05 bits per heavy atom. The first-order chi connectivity index (χ1) is 9.19. The largest absolute Gasteiger partial charge is 0.394 e. The summed E-state index contributed by atoms with van der Waals surface area (Å²) in [5.74, 6) is 1.12. The first-order valence-electron chi connectivity index (χ1n) is 5.73. The van der Waals surface area contributed by atoms with Gasteiger partial charge in [-0.15, -0.1) is 5.10 Å². The number of aliphatic hydroxyl groups excluding tert-OH is 2. The Balaban J connectivity index is 1.93. The van der Waals surface area contributed by atoms with Crippen LogP contribution in [0.25, 0.3) is 5.69 Å². The summed E-state index contributed by atoms with van der Waals surface area (Å²) >= 11 is 7.33. The molecule has 0 unspecified atom stereocenters. The SMILES string of the molecule is OC[C@H](O)CSCc1cn(-c2ccc(Cl)cc2)nn1. The number of aromatic nitrogens is 3. The van der Waals surface area contributed by atoms with E-state index < -0.39 is 6.10 Å². The van der Waals surface area contributed by atoms with E-state index in [0.29, 0.717) is 16.5 Å². The number of benzene rings is 1. The summed E-state index contributed by atoms with van der Waals surface area (Å²) in [6.07, 6.45) is 1.15. The van der Waals surface area contributed by atoms with Crippen LogP contribution in [0, 0.1) is 0 Å². The molecule has 0 aliphatic carbocycles. The van der Waals surface area contributed by atoms with Crippen LogP contribution in [0.3, 0.4) is 0 Å². The van der Waals surface area contributed by atoms with E-state index in [0.717, 1.165) is 11.4 Å². The minimum absolute atomic E-state index is 0.218. The normalized spacial score (nSPS) is 12.6. The van der Waals surface area contributed by atoms with Gasteiger partial charge in [-0.1, -0.05) is 16.8 Å². The van der Waals surface area contributed by atoms with Crippen LogP contribution < -0.4 is 0 Å². The molecule has 0 spiro atoms. The highest BCUT2D eigenvalue weighted by molar-refractivity contribution is 7.98. The maximum Gasteiger partial charge on any atom is 0.0930 e. The second kappa shape index (κ2) is 6.91. The Morgan fingerprint density at radius 3 is 2.74 bits per heavy atom. The third-order valence-electron chi connectivity index (χ3n) is 2.40. The molecular formula is C12H14ClN3O2S. The average molecular weight is 300 g/mol. The van der Waals surface area contributed by atoms with Crippen molar-refractivity contribution in [3.8, 4) is 5.69 Å². The predicted octanol–water partition coefficient (Wildman–Crippen LogP) is 1.51. The van der Waals surface area contributed by atoms with Gasteiger partial charge in [0.25, 0.3) is 0 Å². The number of halogens is 1. The molecule has 0 aliphatic rings. The van der Waals surface area contributed by atoms with Gasteiger partial charge in [0.2, 0.25) is 0 Å².